The molecule has 0 aliphatic carbocycles. The molecule has 1 aliphatic rings. The summed E-state index contributed by atoms with van der Waals surface area (Å²) in [5.74, 6) is 1.46. The molecular weight excluding hydrogens is 297 g/mol. The van der Waals surface area contributed by atoms with Crippen molar-refractivity contribution in [1.29, 1.82) is 0 Å². The summed E-state index contributed by atoms with van der Waals surface area (Å²) in [4.78, 5) is 4.38. The van der Waals surface area contributed by atoms with Crippen LogP contribution in [0, 0.1) is 6.92 Å². The minimum absolute atomic E-state index is 0.255. The van der Waals surface area contributed by atoms with Crippen LogP contribution < -0.4 is 9.47 Å². The fourth-order valence-corrected chi connectivity index (χ4v) is 2.36. The summed E-state index contributed by atoms with van der Waals surface area (Å²) < 4.78 is 10.6. The maximum Gasteiger partial charge on any atom is 0.231 e. The van der Waals surface area contributed by atoms with Crippen molar-refractivity contribution in [2.24, 2.45) is 4.99 Å². The molecule has 1 heterocycles. The first kappa shape index (κ1) is 13.3. The van der Waals surface area contributed by atoms with Gasteiger partial charge >= 0.3 is 0 Å². The Morgan fingerprint density at radius 1 is 1.10 bits per heavy atom. The SMILES string of the molecule is Cc1ccc(Cl)c(N=Cc2ccc3c(c2)OCO3)c1Cl. The normalized spacial score (nSPS) is 13.2. The number of rotatable bonds is 2. The zero-order valence-corrected chi connectivity index (χ0v) is 12.2. The Balaban J connectivity index is 1.93. The van der Waals surface area contributed by atoms with Gasteiger partial charge in [-0.05, 0) is 42.3 Å². The smallest absolute Gasteiger partial charge is 0.231 e. The number of aliphatic imine (C=N–C) groups is 1. The molecule has 0 fully saturated rings. The second-order valence-corrected chi connectivity index (χ2v) is 5.18. The highest BCUT2D eigenvalue weighted by Gasteiger charge is 2.12. The van der Waals surface area contributed by atoms with Gasteiger partial charge in [0.15, 0.2) is 11.5 Å². The van der Waals surface area contributed by atoms with Crippen molar-refractivity contribution in [3.63, 3.8) is 0 Å². The topological polar surface area (TPSA) is 30.8 Å². The van der Waals surface area contributed by atoms with E-state index in [0.29, 0.717) is 15.7 Å². The number of ether oxygens (including phenoxy) is 2. The fourth-order valence-electron chi connectivity index (χ4n) is 1.89. The van der Waals surface area contributed by atoms with Crippen LogP contribution in [0.3, 0.4) is 0 Å². The van der Waals surface area contributed by atoms with E-state index in [1.165, 1.54) is 0 Å². The average molecular weight is 308 g/mol. The summed E-state index contributed by atoms with van der Waals surface area (Å²) in [5, 5.41) is 1.09. The molecule has 2 aromatic rings. The molecule has 0 N–H and O–H groups in total. The largest absolute Gasteiger partial charge is 0.454 e. The van der Waals surface area contributed by atoms with Gasteiger partial charge in [0.05, 0.1) is 10.0 Å². The molecule has 0 saturated heterocycles. The van der Waals surface area contributed by atoms with Crippen molar-refractivity contribution in [3.8, 4) is 11.5 Å². The van der Waals surface area contributed by atoms with Gasteiger partial charge < -0.3 is 9.47 Å². The van der Waals surface area contributed by atoms with Gasteiger partial charge in [-0.25, -0.2) is 0 Å². The lowest BCUT2D eigenvalue weighted by molar-refractivity contribution is 0.174. The second-order valence-electron chi connectivity index (χ2n) is 4.40. The molecular formula is C15H11Cl2NO2. The number of nitrogens with zero attached hydrogens (tertiary/aromatic N) is 1. The van der Waals surface area contributed by atoms with Crippen molar-refractivity contribution < 1.29 is 9.47 Å². The van der Waals surface area contributed by atoms with Crippen LogP contribution in [0.1, 0.15) is 11.1 Å². The molecule has 3 rings (SSSR count). The number of hydrogen-bond donors (Lipinski definition) is 0. The predicted octanol–water partition coefficient (Wildman–Crippen LogP) is 4.78. The van der Waals surface area contributed by atoms with Crippen LogP contribution in [0.4, 0.5) is 5.69 Å². The van der Waals surface area contributed by atoms with E-state index in [-0.39, 0.29) is 6.79 Å². The van der Waals surface area contributed by atoms with Gasteiger partial charge in [0.2, 0.25) is 6.79 Å². The van der Waals surface area contributed by atoms with E-state index in [9.17, 15) is 0 Å². The Morgan fingerprint density at radius 3 is 2.75 bits per heavy atom. The molecule has 0 unspecified atom stereocenters. The third-order valence-corrected chi connectivity index (χ3v) is 3.78. The molecule has 0 spiro atoms. The Kier molecular flexibility index (Phi) is 3.55. The third kappa shape index (κ3) is 2.47. The van der Waals surface area contributed by atoms with E-state index in [1.54, 1.807) is 12.3 Å². The molecule has 1 aliphatic heterocycles. The molecule has 3 nitrogen and oxygen atoms in total. The number of benzene rings is 2. The van der Waals surface area contributed by atoms with Gasteiger partial charge in [-0.1, -0.05) is 29.3 Å². The summed E-state index contributed by atoms with van der Waals surface area (Å²) in [6.45, 7) is 2.17. The van der Waals surface area contributed by atoms with Crippen LogP contribution in [0.15, 0.2) is 35.3 Å². The summed E-state index contributed by atoms with van der Waals surface area (Å²) in [6.07, 6.45) is 1.70. The molecule has 5 heteroatoms. The van der Waals surface area contributed by atoms with Gasteiger partial charge in [0.1, 0.15) is 5.69 Å². The maximum atomic E-state index is 6.22. The summed E-state index contributed by atoms with van der Waals surface area (Å²) >= 11 is 12.3. The van der Waals surface area contributed by atoms with Gasteiger partial charge in [-0.2, -0.15) is 0 Å². The van der Waals surface area contributed by atoms with Crippen LogP contribution >= 0.6 is 23.2 Å². The van der Waals surface area contributed by atoms with E-state index >= 15 is 0 Å². The Bertz CT molecular complexity index is 699. The summed E-state index contributed by atoms with van der Waals surface area (Å²) in [5.41, 5.74) is 2.41. The molecule has 0 amide bonds. The van der Waals surface area contributed by atoms with Crippen molar-refractivity contribution in [2.75, 3.05) is 6.79 Å². The third-order valence-electron chi connectivity index (χ3n) is 3.00. The minimum Gasteiger partial charge on any atom is -0.454 e. The van der Waals surface area contributed by atoms with Gasteiger partial charge in [0.25, 0.3) is 0 Å². The Morgan fingerprint density at radius 2 is 1.90 bits per heavy atom. The highest BCUT2D eigenvalue weighted by Crippen LogP contribution is 2.36. The first-order valence-electron chi connectivity index (χ1n) is 6.03. The van der Waals surface area contributed by atoms with E-state index in [0.717, 1.165) is 22.6 Å². The predicted molar refractivity (Wildman–Crippen MR) is 81.0 cm³/mol. The van der Waals surface area contributed by atoms with E-state index in [1.807, 2.05) is 31.2 Å². The van der Waals surface area contributed by atoms with Crippen molar-refractivity contribution in [2.45, 2.75) is 6.92 Å². The van der Waals surface area contributed by atoms with Crippen LogP contribution in [0.2, 0.25) is 10.0 Å². The highest BCUT2D eigenvalue weighted by molar-refractivity contribution is 6.39. The zero-order chi connectivity index (χ0) is 14.1. The molecule has 0 aromatic heterocycles. The molecule has 2 aromatic carbocycles. The standard InChI is InChI=1S/C15H11Cl2NO2/c1-9-2-4-11(16)15(14(9)17)18-7-10-3-5-12-13(6-10)20-8-19-12/h2-7H,8H2,1H3. The van der Waals surface area contributed by atoms with Crippen LogP contribution in [0.5, 0.6) is 11.5 Å². The lowest BCUT2D eigenvalue weighted by atomic mass is 10.2. The van der Waals surface area contributed by atoms with Gasteiger partial charge in [0, 0.05) is 6.21 Å². The zero-order valence-electron chi connectivity index (χ0n) is 10.7. The Labute approximate surface area is 126 Å². The number of aryl methyl sites for hydroxylation is 1. The molecule has 0 saturated carbocycles. The van der Waals surface area contributed by atoms with E-state index in [2.05, 4.69) is 4.99 Å². The number of hydrogen-bond acceptors (Lipinski definition) is 3. The molecule has 20 heavy (non-hydrogen) atoms. The Hall–Kier alpha value is -1.71. The second kappa shape index (κ2) is 5.35. The number of fused-ring (bicyclic) bond motifs is 1. The highest BCUT2D eigenvalue weighted by atomic mass is 35.5. The monoisotopic (exact) mass is 307 g/mol. The molecule has 102 valence electrons. The molecule has 0 bridgehead atoms. The maximum absolute atomic E-state index is 6.22. The summed E-state index contributed by atoms with van der Waals surface area (Å²) in [6, 6.07) is 9.26. The fraction of sp³-hybridized carbons (Fsp3) is 0.133. The van der Waals surface area contributed by atoms with Crippen molar-refractivity contribution in [3.05, 3.63) is 51.5 Å². The van der Waals surface area contributed by atoms with E-state index in [4.69, 9.17) is 32.7 Å². The molecule has 0 atom stereocenters. The number of halogens is 2. The lowest BCUT2D eigenvalue weighted by Crippen LogP contribution is -1.92. The van der Waals surface area contributed by atoms with Crippen LogP contribution in [-0.4, -0.2) is 13.0 Å². The van der Waals surface area contributed by atoms with Gasteiger partial charge in [-0.15, -0.1) is 0 Å². The van der Waals surface area contributed by atoms with Gasteiger partial charge in [-0.3, -0.25) is 4.99 Å². The van der Waals surface area contributed by atoms with E-state index < -0.39 is 0 Å². The first-order valence-corrected chi connectivity index (χ1v) is 6.79. The quantitative estimate of drug-likeness (QED) is 0.747. The first-order chi connectivity index (χ1) is 9.65. The van der Waals surface area contributed by atoms with Crippen molar-refractivity contribution in [1.82, 2.24) is 0 Å². The van der Waals surface area contributed by atoms with Crippen molar-refractivity contribution >= 4 is 35.1 Å². The lowest BCUT2D eigenvalue weighted by Gasteiger charge is -2.04. The van der Waals surface area contributed by atoms with Crippen LogP contribution in [-0.2, 0) is 0 Å². The summed E-state index contributed by atoms with van der Waals surface area (Å²) in [7, 11) is 0. The average Bonchev–Trinajstić information content (AvgIpc) is 2.90. The molecule has 0 radical (unpaired) electrons. The van der Waals surface area contributed by atoms with Crippen LogP contribution in [0.25, 0.3) is 0 Å². The minimum atomic E-state index is 0.255.